The lowest BCUT2D eigenvalue weighted by Crippen LogP contribution is -2.14. The van der Waals surface area contributed by atoms with E-state index in [1.165, 1.54) is 5.56 Å². The summed E-state index contributed by atoms with van der Waals surface area (Å²) in [6.07, 6.45) is 0.969. The van der Waals surface area contributed by atoms with Crippen molar-refractivity contribution in [3.05, 3.63) is 29.3 Å². The predicted molar refractivity (Wildman–Crippen MR) is 73.5 cm³/mol. The minimum absolute atomic E-state index is 0.157. The van der Waals surface area contributed by atoms with Gasteiger partial charge in [0.1, 0.15) is 5.75 Å². The molecule has 0 aliphatic rings. The van der Waals surface area contributed by atoms with E-state index < -0.39 is 0 Å². The van der Waals surface area contributed by atoms with Gasteiger partial charge in [0.2, 0.25) is 5.91 Å². The smallest absolute Gasteiger partial charge is 0.269 e. The Balaban J connectivity index is 1.69. The second kappa shape index (κ2) is 6.65. The number of aromatic amines is 1. The van der Waals surface area contributed by atoms with Gasteiger partial charge in [-0.25, -0.2) is 0 Å². The number of tetrazole rings is 1. The van der Waals surface area contributed by atoms with Crippen LogP contribution in [0.2, 0.25) is 0 Å². The largest absolute Gasteiger partial charge is 0.493 e. The first-order valence-electron chi connectivity index (χ1n) is 6.38. The highest BCUT2D eigenvalue weighted by Crippen LogP contribution is 2.18. The minimum atomic E-state index is -0.157. The SMILES string of the molecule is Cc1ccc(OCCCC(=O)Nc2nn[nH]n2)c(C)c1. The van der Waals surface area contributed by atoms with Crippen molar-refractivity contribution < 1.29 is 9.53 Å². The highest BCUT2D eigenvalue weighted by Gasteiger charge is 2.06. The number of rotatable bonds is 6. The molecule has 0 saturated heterocycles. The number of H-pyrrole nitrogens is 1. The number of nitrogens with zero attached hydrogens (tertiary/aromatic N) is 3. The summed E-state index contributed by atoms with van der Waals surface area (Å²) in [6, 6.07) is 6.02. The summed E-state index contributed by atoms with van der Waals surface area (Å²) in [5, 5.41) is 15.4. The number of amides is 1. The van der Waals surface area contributed by atoms with E-state index in [2.05, 4.69) is 32.0 Å². The number of nitrogens with one attached hydrogen (secondary N) is 2. The zero-order valence-corrected chi connectivity index (χ0v) is 11.5. The molecule has 0 atom stereocenters. The number of benzene rings is 1. The third-order valence-electron chi connectivity index (χ3n) is 2.73. The number of hydrogen-bond donors (Lipinski definition) is 2. The van der Waals surface area contributed by atoms with Crippen LogP contribution in [0.4, 0.5) is 5.95 Å². The molecule has 20 heavy (non-hydrogen) atoms. The summed E-state index contributed by atoms with van der Waals surface area (Å²) >= 11 is 0. The molecular formula is C13H17N5O2. The summed E-state index contributed by atoms with van der Waals surface area (Å²) in [6.45, 7) is 4.54. The summed E-state index contributed by atoms with van der Waals surface area (Å²) in [4.78, 5) is 11.5. The van der Waals surface area contributed by atoms with Gasteiger partial charge in [0.25, 0.3) is 5.95 Å². The number of anilines is 1. The van der Waals surface area contributed by atoms with Crippen LogP contribution in [0.3, 0.4) is 0 Å². The van der Waals surface area contributed by atoms with E-state index >= 15 is 0 Å². The Kier molecular flexibility index (Phi) is 4.65. The fourth-order valence-corrected chi connectivity index (χ4v) is 1.78. The molecule has 0 fully saturated rings. The van der Waals surface area contributed by atoms with Gasteiger partial charge in [0, 0.05) is 6.42 Å². The van der Waals surface area contributed by atoms with Crippen molar-refractivity contribution in [2.24, 2.45) is 0 Å². The highest BCUT2D eigenvalue weighted by atomic mass is 16.5. The molecule has 0 aliphatic heterocycles. The molecule has 0 radical (unpaired) electrons. The fraction of sp³-hybridized carbons (Fsp3) is 0.385. The Morgan fingerprint density at radius 1 is 1.40 bits per heavy atom. The fourth-order valence-electron chi connectivity index (χ4n) is 1.78. The van der Waals surface area contributed by atoms with Crippen LogP contribution in [0.25, 0.3) is 0 Å². The number of ether oxygens (including phenoxy) is 1. The van der Waals surface area contributed by atoms with Crippen molar-refractivity contribution in [1.82, 2.24) is 20.6 Å². The van der Waals surface area contributed by atoms with Crippen LogP contribution in [0.15, 0.2) is 18.2 Å². The quantitative estimate of drug-likeness (QED) is 0.781. The van der Waals surface area contributed by atoms with E-state index in [-0.39, 0.29) is 11.9 Å². The van der Waals surface area contributed by atoms with Crippen LogP contribution in [0, 0.1) is 13.8 Å². The molecule has 0 bridgehead atoms. The molecule has 2 aromatic rings. The van der Waals surface area contributed by atoms with Crippen molar-refractivity contribution in [2.45, 2.75) is 26.7 Å². The number of hydrogen-bond acceptors (Lipinski definition) is 5. The molecule has 0 unspecified atom stereocenters. The second-order valence-corrected chi connectivity index (χ2v) is 4.50. The van der Waals surface area contributed by atoms with E-state index in [4.69, 9.17) is 4.74 Å². The highest BCUT2D eigenvalue weighted by molar-refractivity contribution is 5.88. The van der Waals surface area contributed by atoms with Crippen LogP contribution in [0.5, 0.6) is 5.75 Å². The second-order valence-electron chi connectivity index (χ2n) is 4.50. The lowest BCUT2D eigenvalue weighted by molar-refractivity contribution is -0.116. The van der Waals surface area contributed by atoms with Crippen molar-refractivity contribution in [3.8, 4) is 5.75 Å². The van der Waals surface area contributed by atoms with E-state index in [1.807, 2.05) is 26.0 Å². The molecule has 2 rings (SSSR count). The van der Waals surface area contributed by atoms with Gasteiger partial charge in [-0.1, -0.05) is 22.8 Å². The predicted octanol–water partition coefficient (Wildman–Crippen LogP) is 1.61. The number of aromatic nitrogens is 4. The summed E-state index contributed by atoms with van der Waals surface area (Å²) in [5.74, 6) is 0.884. The molecule has 7 nitrogen and oxygen atoms in total. The Bertz CT molecular complexity index is 568. The average Bonchev–Trinajstić information content (AvgIpc) is 2.89. The van der Waals surface area contributed by atoms with Gasteiger partial charge in [-0.15, -0.1) is 5.10 Å². The molecule has 7 heteroatoms. The number of carbonyl (C=O) groups is 1. The first kappa shape index (κ1) is 14.0. The molecule has 1 aromatic carbocycles. The molecular weight excluding hydrogens is 258 g/mol. The molecule has 0 aliphatic carbocycles. The summed E-state index contributed by atoms with van der Waals surface area (Å²) in [7, 11) is 0. The van der Waals surface area contributed by atoms with E-state index in [0.29, 0.717) is 19.4 Å². The Morgan fingerprint density at radius 3 is 2.95 bits per heavy atom. The van der Waals surface area contributed by atoms with Gasteiger partial charge >= 0.3 is 0 Å². The van der Waals surface area contributed by atoms with Crippen LogP contribution < -0.4 is 10.1 Å². The van der Waals surface area contributed by atoms with Crippen molar-refractivity contribution in [3.63, 3.8) is 0 Å². The molecule has 106 valence electrons. The number of aryl methyl sites for hydroxylation is 2. The van der Waals surface area contributed by atoms with Crippen LogP contribution in [-0.4, -0.2) is 33.1 Å². The van der Waals surface area contributed by atoms with E-state index in [0.717, 1.165) is 11.3 Å². The van der Waals surface area contributed by atoms with Crippen molar-refractivity contribution in [1.29, 1.82) is 0 Å². The monoisotopic (exact) mass is 275 g/mol. The Morgan fingerprint density at radius 2 is 2.25 bits per heavy atom. The molecule has 2 N–H and O–H groups in total. The van der Waals surface area contributed by atoms with Gasteiger partial charge in [0.05, 0.1) is 6.61 Å². The maximum Gasteiger partial charge on any atom is 0.269 e. The molecule has 0 saturated carbocycles. The normalized spacial score (nSPS) is 10.3. The van der Waals surface area contributed by atoms with Crippen LogP contribution in [-0.2, 0) is 4.79 Å². The molecule has 1 aromatic heterocycles. The standard InChI is InChI=1S/C13H17N5O2/c1-9-5-6-11(10(2)8-9)20-7-3-4-12(19)14-13-15-17-18-16-13/h5-6,8H,3-4,7H2,1-2H3,(H2,14,15,16,17,18,19). The third-order valence-corrected chi connectivity index (χ3v) is 2.73. The Labute approximate surface area is 116 Å². The maximum absolute atomic E-state index is 11.5. The zero-order chi connectivity index (χ0) is 14.4. The van der Waals surface area contributed by atoms with Crippen molar-refractivity contribution >= 4 is 11.9 Å². The van der Waals surface area contributed by atoms with E-state index in [9.17, 15) is 4.79 Å². The maximum atomic E-state index is 11.5. The summed E-state index contributed by atoms with van der Waals surface area (Å²) in [5.41, 5.74) is 2.30. The Hall–Kier alpha value is -2.44. The minimum Gasteiger partial charge on any atom is -0.493 e. The number of carbonyl (C=O) groups excluding carboxylic acids is 1. The third kappa shape index (κ3) is 4.04. The molecule has 1 heterocycles. The van der Waals surface area contributed by atoms with Crippen molar-refractivity contribution in [2.75, 3.05) is 11.9 Å². The van der Waals surface area contributed by atoms with Gasteiger partial charge in [-0.3, -0.25) is 10.1 Å². The summed E-state index contributed by atoms with van der Waals surface area (Å²) < 4.78 is 5.65. The van der Waals surface area contributed by atoms with E-state index in [1.54, 1.807) is 0 Å². The lowest BCUT2D eigenvalue weighted by Gasteiger charge is -2.09. The van der Waals surface area contributed by atoms with Crippen LogP contribution >= 0.6 is 0 Å². The van der Waals surface area contributed by atoms with Gasteiger partial charge in [0.15, 0.2) is 0 Å². The zero-order valence-electron chi connectivity index (χ0n) is 11.5. The van der Waals surface area contributed by atoms with Gasteiger partial charge in [-0.05, 0) is 37.1 Å². The topological polar surface area (TPSA) is 92.8 Å². The van der Waals surface area contributed by atoms with Gasteiger partial charge in [-0.2, -0.15) is 5.21 Å². The molecule has 1 amide bonds. The first-order chi connectivity index (χ1) is 9.65. The average molecular weight is 275 g/mol. The first-order valence-corrected chi connectivity index (χ1v) is 6.38. The van der Waals surface area contributed by atoms with Crippen LogP contribution in [0.1, 0.15) is 24.0 Å². The van der Waals surface area contributed by atoms with Gasteiger partial charge < -0.3 is 4.74 Å². The lowest BCUT2D eigenvalue weighted by atomic mass is 10.1. The molecule has 0 spiro atoms.